The molecule has 0 saturated heterocycles. The standard InChI is InChI=1S/C53H33N3/c1-2-12-34(13-3-1)35-24-26-38(27-25-35)50-45-19-8-9-23-48(45)54-53(56-50)40-30-28-39(29-31-40)51-47-33-32-37-15-5-7-18-42(37)49(47)46-22-11-21-44(52(46)55-51)43-20-10-16-36-14-4-6-17-41(36)43/h1-33H. The van der Waals surface area contributed by atoms with Gasteiger partial charge in [-0.15, -0.1) is 0 Å². The highest BCUT2D eigenvalue weighted by atomic mass is 14.9. The molecule has 56 heavy (non-hydrogen) atoms. The van der Waals surface area contributed by atoms with E-state index in [0.29, 0.717) is 5.82 Å². The summed E-state index contributed by atoms with van der Waals surface area (Å²) in [5.74, 6) is 0.693. The summed E-state index contributed by atoms with van der Waals surface area (Å²) >= 11 is 0. The minimum absolute atomic E-state index is 0.693. The van der Waals surface area contributed by atoms with Gasteiger partial charge in [0.15, 0.2) is 5.82 Å². The van der Waals surface area contributed by atoms with Gasteiger partial charge in [-0.2, -0.15) is 0 Å². The molecular weight excluding hydrogens is 679 g/mol. The van der Waals surface area contributed by atoms with Gasteiger partial charge in [0.1, 0.15) is 0 Å². The van der Waals surface area contributed by atoms with Gasteiger partial charge in [-0.3, -0.25) is 0 Å². The summed E-state index contributed by atoms with van der Waals surface area (Å²) in [4.78, 5) is 15.8. The van der Waals surface area contributed by atoms with Crippen molar-refractivity contribution in [2.45, 2.75) is 0 Å². The Morgan fingerprint density at radius 3 is 1.59 bits per heavy atom. The lowest BCUT2D eigenvalue weighted by Crippen LogP contribution is -1.96. The van der Waals surface area contributed by atoms with Gasteiger partial charge in [-0.25, -0.2) is 15.0 Å². The Bertz CT molecular complexity index is 3270. The molecule has 0 fully saturated rings. The van der Waals surface area contributed by atoms with Crippen molar-refractivity contribution in [3.63, 3.8) is 0 Å². The average Bonchev–Trinajstić information content (AvgIpc) is 3.28. The zero-order chi connectivity index (χ0) is 37.0. The highest BCUT2D eigenvalue weighted by molar-refractivity contribution is 6.24. The lowest BCUT2D eigenvalue weighted by molar-refractivity contribution is 1.23. The summed E-state index contributed by atoms with van der Waals surface area (Å²) < 4.78 is 0. The zero-order valence-electron chi connectivity index (χ0n) is 30.4. The number of aromatic nitrogens is 3. The van der Waals surface area contributed by atoms with Gasteiger partial charge in [0, 0.05) is 43.8 Å². The van der Waals surface area contributed by atoms with E-state index in [2.05, 4.69) is 188 Å². The zero-order valence-corrected chi connectivity index (χ0v) is 30.4. The number of pyridine rings is 1. The molecule has 0 atom stereocenters. The molecule has 3 heteroatoms. The van der Waals surface area contributed by atoms with Crippen LogP contribution in [0.2, 0.25) is 0 Å². The molecule has 0 unspecified atom stereocenters. The molecule has 0 radical (unpaired) electrons. The maximum absolute atomic E-state index is 5.56. The third-order valence-corrected chi connectivity index (χ3v) is 11.1. The molecule has 0 aliphatic rings. The van der Waals surface area contributed by atoms with Crippen LogP contribution in [0.1, 0.15) is 0 Å². The average molecular weight is 712 g/mol. The van der Waals surface area contributed by atoms with Crippen LogP contribution in [0, 0.1) is 0 Å². The van der Waals surface area contributed by atoms with Crippen LogP contribution in [0.25, 0.3) is 110 Å². The first-order valence-electron chi connectivity index (χ1n) is 19.0. The molecule has 2 heterocycles. The Balaban J connectivity index is 1.07. The number of nitrogens with zero attached hydrogens (tertiary/aromatic N) is 3. The van der Waals surface area contributed by atoms with E-state index in [4.69, 9.17) is 15.0 Å². The Kier molecular flexibility index (Phi) is 7.49. The molecule has 0 amide bonds. The molecule has 0 N–H and O–H groups in total. The van der Waals surface area contributed by atoms with Crippen LogP contribution in [0.3, 0.4) is 0 Å². The molecule has 11 rings (SSSR count). The number of benzene rings is 9. The monoisotopic (exact) mass is 711 g/mol. The maximum atomic E-state index is 5.56. The Hall–Kier alpha value is -7.49. The van der Waals surface area contributed by atoms with Crippen molar-refractivity contribution in [1.82, 2.24) is 15.0 Å². The second kappa shape index (κ2) is 13.1. The van der Waals surface area contributed by atoms with Crippen molar-refractivity contribution in [3.8, 4) is 56.2 Å². The highest BCUT2D eigenvalue weighted by Crippen LogP contribution is 2.42. The number of fused-ring (bicyclic) bond motifs is 7. The number of hydrogen-bond donors (Lipinski definition) is 0. The minimum Gasteiger partial charge on any atom is -0.246 e. The van der Waals surface area contributed by atoms with Crippen LogP contribution in [0.15, 0.2) is 200 Å². The van der Waals surface area contributed by atoms with E-state index in [1.54, 1.807) is 0 Å². The summed E-state index contributed by atoms with van der Waals surface area (Å²) in [7, 11) is 0. The SMILES string of the molecule is c1ccc(-c2ccc(-c3nc(-c4ccc(-c5nc6c(-c7cccc8ccccc78)cccc6c6c5ccc5ccccc56)cc4)nc4ccccc34)cc2)cc1. The summed E-state index contributed by atoms with van der Waals surface area (Å²) in [6.07, 6.45) is 0. The molecule has 3 nitrogen and oxygen atoms in total. The lowest BCUT2D eigenvalue weighted by Gasteiger charge is -2.16. The number of hydrogen-bond acceptors (Lipinski definition) is 3. The van der Waals surface area contributed by atoms with Crippen molar-refractivity contribution in [3.05, 3.63) is 200 Å². The molecule has 260 valence electrons. The quantitative estimate of drug-likeness (QED) is 0.167. The van der Waals surface area contributed by atoms with Crippen molar-refractivity contribution in [2.75, 3.05) is 0 Å². The first kappa shape index (κ1) is 32.0. The fourth-order valence-corrected chi connectivity index (χ4v) is 8.35. The predicted molar refractivity (Wildman–Crippen MR) is 235 cm³/mol. The van der Waals surface area contributed by atoms with E-state index >= 15 is 0 Å². The predicted octanol–water partition coefficient (Wildman–Crippen LogP) is 14.0. The van der Waals surface area contributed by atoms with Crippen LogP contribution in [0.5, 0.6) is 0 Å². The van der Waals surface area contributed by atoms with E-state index in [0.717, 1.165) is 60.8 Å². The summed E-state index contributed by atoms with van der Waals surface area (Å²) in [5.41, 5.74) is 11.5. The molecule has 0 spiro atoms. The van der Waals surface area contributed by atoms with Crippen LogP contribution in [0.4, 0.5) is 0 Å². The third-order valence-electron chi connectivity index (χ3n) is 11.1. The van der Waals surface area contributed by atoms with Gasteiger partial charge in [0.05, 0.1) is 22.4 Å². The smallest absolute Gasteiger partial charge is 0.160 e. The van der Waals surface area contributed by atoms with E-state index in [-0.39, 0.29) is 0 Å². The molecule has 9 aromatic carbocycles. The van der Waals surface area contributed by atoms with Crippen LogP contribution in [-0.2, 0) is 0 Å². The first-order chi connectivity index (χ1) is 27.8. The van der Waals surface area contributed by atoms with Gasteiger partial charge in [-0.05, 0) is 44.3 Å². The second-order valence-electron chi connectivity index (χ2n) is 14.3. The second-order valence-corrected chi connectivity index (χ2v) is 14.3. The number of rotatable bonds is 5. The van der Waals surface area contributed by atoms with Gasteiger partial charge in [0.2, 0.25) is 0 Å². The molecule has 0 bridgehead atoms. The first-order valence-corrected chi connectivity index (χ1v) is 19.0. The van der Waals surface area contributed by atoms with Crippen LogP contribution >= 0.6 is 0 Å². The maximum Gasteiger partial charge on any atom is 0.160 e. The van der Waals surface area contributed by atoms with Gasteiger partial charge in [-0.1, -0.05) is 194 Å². The normalized spacial score (nSPS) is 11.6. The van der Waals surface area contributed by atoms with Crippen molar-refractivity contribution >= 4 is 54.1 Å². The number of para-hydroxylation sites is 2. The van der Waals surface area contributed by atoms with E-state index < -0.39 is 0 Å². The van der Waals surface area contributed by atoms with Gasteiger partial charge >= 0.3 is 0 Å². The Labute approximate surface area is 324 Å². The largest absolute Gasteiger partial charge is 0.246 e. The fourth-order valence-electron chi connectivity index (χ4n) is 8.35. The van der Waals surface area contributed by atoms with Crippen LogP contribution < -0.4 is 0 Å². The molecule has 11 aromatic rings. The van der Waals surface area contributed by atoms with E-state index in [1.807, 2.05) is 12.1 Å². The molecule has 2 aromatic heterocycles. The molecule has 0 saturated carbocycles. The van der Waals surface area contributed by atoms with Gasteiger partial charge in [0.25, 0.3) is 0 Å². The van der Waals surface area contributed by atoms with E-state index in [9.17, 15) is 0 Å². The summed E-state index contributed by atoms with van der Waals surface area (Å²) in [6, 6.07) is 70.9. The van der Waals surface area contributed by atoms with Gasteiger partial charge < -0.3 is 0 Å². The van der Waals surface area contributed by atoms with E-state index in [1.165, 1.54) is 43.6 Å². The van der Waals surface area contributed by atoms with Crippen molar-refractivity contribution in [1.29, 1.82) is 0 Å². The van der Waals surface area contributed by atoms with Crippen molar-refractivity contribution < 1.29 is 0 Å². The summed E-state index contributed by atoms with van der Waals surface area (Å²) in [6.45, 7) is 0. The Morgan fingerprint density at radius 1 is 0.268 bits per heavy atom. The Morgan fingerprint density at radius 2 is 0.804 bits per heavy atom. The summed E-state index contributed by atoms with van der Waals surface area (Å²) in [5, 5.41) is 9.39. The van der Waals surface area contributed by atoms with Crippen LogP contribution in [-0.4, -0.2) is 15.0 Å². The fraction of sp³-hybridized carbons (Fsp3) is 0. The third kappa shape index (κ3) is 5.32. The topological polar surface area (TPSA) is 38.7 Å². The minimum atomic E-state index is 0.693. The molecule has 0 aliphatic carbocycles. The molecule has 0 aliphatic heterocycles. The lowest BCUT2D eigenvalue weighted by atomic mass is 9.91. The molecular formula is C53H33N3. The van der Waals surface area contributed by atoms with Crippen molar-refractivity contribution in [2.24, 2.45) is 0 Å². The highest BCUT2D eigenvalue weighted by Gasteiger charge is 2.18.